The zero-order valence-corrected chi connectivity index (χ0v) is 11.8. The molecule has 0 spiro atoms. The fourth-order valence-corrected chi connectivity index (χ4v) is 2.21. The third-order valence-corrected chi connectivity index (χ3v) is 3.22. The number of rotatable bonds is 5. The van der Waals surface area contributed by atoms with Crippen molar-refractivity contribution in [3.8, 4) is 0 Å². The summed E-state index contributed by atoms with van der Waals surface area (Å²) in [5.74, 6) is 0.497. The number of hydrogen-bond donors (Lipinski definition) is 3. The first kappa shape index (κ1) is 14.3. The maximum Gasteiger partial charge on any atom is 0.251 e. The number of carbonyl (C=O) groups excluding carboxylic acids is 2. The first-order valence-corrected chi connectivity index (χ1v) is 6.88. The van der Waals surface area contributed by atoms with Gasteiger partial charge in [-0.15, -0.1) is 0 Å². The normalized spacial score (nSPS) is 17.7. The Kier molecular flexibility index (Phi) is 4.55. The molecule has 2 rings (SSSR count). The van der Waals surface area contributed by atoms with Crippen molar-refractivity contribution in [3.05, 3.63) is 23.4 Å². The van der Waals surface area contributed by atoms with Gasteiger partial charge in [-0.05, 0) is 18.6 Å². The van der Waals surface area contributed by atoms with Gasteiger partial charge in [0.25, 0.3) is 5.91 Å². The predicted octanol–water partition coefficient (Wildman–Crippen LogP) is 0.694. The summed E-state index contributed by atoms with van der Waals surface area (Å²) in [4.78, 5) is 27.8. The van der Waals surface area contributed by atoms with E-state index < -0.39 is 0 Å². The highest BCUT2D eigenvalue weighted by molar-refractivity contribution is 5.95. The van der Waals surface area contributed by atoms with Gasteiger partial charge in [0.05, 0.1) is 6.04 Å². The lowest BCUT2D eigenvalue weighted by atomic mass is 10.1. The van der Waals surface area contributed by atoms with Crippen LogP contribution < -0.4 is 16.0 Å². The number of nitrogens with one attached hydrogen (secondary N) is 3. The second kappa shape index (κ2) is 6.36. The second-order valence-electron chi connectivity index (χ2n) is 4.91. The molecule has 1 aromatic heterocycles. The predicted molar refractivity (Wildman–Crippen MR) is 76.7 cm³/mol. The van der Waals surface area contributed by atoms with Gasteiger partial charge in [-0.3, -0.25) is 9.59 Å². The van der Waals surface area contributed by atoms with Crippen molar-refractivity contribution in [2.24, 2.45) is 0 Å². The molecule has 6 nitrogen and oxygen atoms in total. The molecule has 0 aromatic carbocycles. The molecule has 1 aromatic rings. The molecular weight excluding hydrogens is 256 g/mol. The molecule has 6 heteroatoms. The zero-order chi connectivity index (χ0) is 14.5. The van der Waals surface area contributed by atoms with Crippen LogP contribution in [0.25, 0.3) is 0 Å². The Labute approximate surface area is 118 Å². The van der Waals surface area contributed by atoms with E-state index in [1.165, 1.54) is 0 Å². The van der Waals surface area contributed by atoms with Gasteiger partial charge in [0.1, 0.15) is 5.82 Å². The number of aromatic nitrogens is 1. The van der Waals surface area contributed by atoms with E-state index in [9.17, 15) is 9.59 Å². The van der Waals surface area contributed by atoms with E-state index in [0.717, 1.165) is 18.5 Å². The molecule has 3 N–H and O–H groups in total. The van der Waals surface area contributed by atoms with Gasteiger partial charge in [0.2, 0.25) is 5.91 Å². The summed E-state index contributed by atoms with van der Waals surface area (Å²) >= 11 is 0. The van der Waals surface area contributed by atoms with Crippen LogP contribution >= 0.6 is 0 Å². The molecule has 1 aliphatic heterocycles. The van der Waals surface area contributed by atoms with Gasteiger partial charge >= 0.3 is 0 Å². The molecular formula is C14H20N4O2. The fourth-order valence-electron chi connectivity index (χ4n) is 2.21. The average molecular weight is 276 g/mol. The maximum atomic E-state index is 12.2. The van der Waals surface area contributed by atoms with Gasteiger partial charge < -0.3 is 16.0 Å². The summed E-state index contributed by atoms with van der Waals surface area (Å²) in [5, 5.41) is 8.53. The first-order chi connectivity index (χ1) is 9.62. The molecule has 1 saturated heterocycles. The van der Waals surface area contributed by atoms with E-state index in [4.69, 9.17) is 0 Å². The van der Waals surface area contributed by atoms with Crippen LogP contribution in [0.15, 0.2) is 12.1 Å². The Morgan fingerprint density at radius 1 is 1.50 bits per heavy atom. The molecule has 1 atom stereocenters. The van der Waals surface area contributed by atoms with Crippen molar-refractivity contribution in [2.45, 2.75) is 32.2 Å². The Morgan fingerprint density at radius 3 is 2.90 bits per heavy atom. The lowest BCUT2D eigenvalue weighted by molar-refractivity contribution is -0.119. The fraction of sp³-hybridized carbons (Fsp3) is 0.500. The van der Waals surface area contributed by atoms with E-state index in [2.05, 4.69) is 27.9 Å². The van der Waals surface area contributed by atoms with Gasteiger partial charge in [-0.1, -0.05) is 13.3 Å². The zero-order valence-electron chi connectivity index (χ0n) is 11.8. The minimum absolute atomic E-state index is 0.0207. The highest BCUT2D eigenvalue weighted by Gasteiger charge is 2.23. The van der Waals surface area contributed by atoms with Crippen LogP contribution in [-0.2, 0) is 11.2 Å². The number of pyridine rings is 1. The summed E-state index contributed by atoms with van der Waals surface area (Å²) in [7, 11) is 1.78. The second-order valence-corrected chi connectivity index (χ2v) is 4.91. The highest BCUT2D eigenvalue weighted by atomic mass is 16.2. The van der Waals surface area contributed by atoms with Crippen LogP contribution in [0.2, 0.25) is 0 Å². The van der Waals surface area contributed by atoms with Gasteiger partial charge in [0.15, 0.2) is 0 Å². The van der Waals surface area contributed by atoms with Crippen molar-refractivity contribution >= 4 is 17.6 Å². The summed E-state index contributed by atoms with van der Waals surface area (Å²) < 4.78 is 0. The van der Waals surface area contributed by atoms with E-state index in [1.807, 2.05) is 6.07 Å². The summed E-state index contributed by atoms with van der Waals surface area (Å²) in [6, 6.07) is 3.40. The molecule has 0 bridgehead atoms. The Hall–Kier alpha value is -2.11. The molecule has 1 unspecified atom stereocenters. The van der Waals surface area contributed by atoms with Gasteiger partial charge in [-0.25, -0.2) is 4.98 Å². The summed E-state index contributed by atoms with van der Waals surface area (Å²) in [5.41, 5.74) is 1.47. The summed E-state index contributed by atoms with van der Waals surface area (Å²) in [6.45, 7) is 2.57. The van der Waals surface area contributed by atoms with Crippen molar-refractivity contribution < 1.29 is 9.59 Å². The number of anilines is 1. The van der Waals surface area contributed by atoms with Crippen LogP contribution in [0.4, 0.5) is 5.82 Å². The van der Waals surface area contributed by atoms with Crippen LogP contribution in [0.1, 0.15) is 35.8 Å². The molecule has 108 valence electrons. The lowest BCUT2D eigenvalue weighted by Gasteiger charge is -2.12. The standard InChI is InChI=1S/C14H20N4O2/c1-3-4-10-5-9(6-12(15-2)17-10)14(20)18-11-7-13(19)16-8-11/h5-6,11H,3-4,7-8H2,1-2H3,(H,15,17)(H,16,19)(H,18,20). The number of hydrogen-bond acceptors (Lipinski definition) is 4. The molecule has 2 amide bonds. The highest BCUT2D eigenvalue weighted by Crippen LogP contribution is 2.12. The molecule has 0 saturated carbocycles. The van der Waals surface area contributed by atoms with Crippen LogP contribution in [0.3, 0.4) is 0 Å². The monoisotopic (exact) mass is 276 g/mol. The third kappa shape index (κ3) is 3.46. The van der Waals surface area contributed by atoms with E-state index in [-0.39, 0.29) is 17.9 Å². The van der Waals surface area contributed by atoms with Crippen molar-refractivity contribution in [1.82, 2.24) is 15.6 Å². The van der Waals surface area contributed by atoms with Gasteiger partial charge in [0, 0.05) is 31.3 Å². The Bertz CT molecular complexity index is 516. The maximum absolute atomic E-state index is 12.2. The van der Waals surface area contributed by atoms with E-state index in [0.29, 0.717) is 24.3 Å². The Morgan fingerprint density at radius 2 is 2.30 bits per heavy atom. The topological polar surface area (TPSA) is 83.1 Å². The van der Waals surface area contributed by atoms with Crippen molar-refractivity contribution in [3.63, 3.8) is 0 Å². The Balaban J connectivity index is 2.11. The quantitative estimate of drug-likeness (QED) is 0.739. The minimum atomic E-state index is -0.164. The first-order valence-electron chi connectivity index (χ1n) is 6.88. The molecule has 2 heterocycles. The number of amides is 2. The molecule has 1 fully saturated rings. The SMILES string of the molecule is CCCc1cc(C(=O)NC2CNC(=O)C2)cc(NC)n1. The van der Waals surface area contributed by atoms with Crippen molar-refractivity contribution in [2.75, 3.05) is 18.9 Å². The molecule has 20 heavy (non-hydrogen) atoms. The average Bonchev–Trinajstić information content (AvgIpc) is 2.84. The smallest absolute Gasteiger partial charge is 0.251 e. The van der Waals surface area contributed by atoms with Crippen molar-refractivity contribution in [1.29, 1.82) is 0 Å². The number of nitrogens with zero attached hydrogens (tertiary/aromatic N) is 1. The lowest BCUT2D eigenvalue weighted by Crippen LogP contribution is -2.36. The largest absolute Gasteiger partial charge is 0.373 e. The molecule has 1 aliphatic rings. The van der Waals surface area contributed by atoms with E-state index >= 15 is 0 Å². The summed E-state index contributed by atoms with van der Waals surface area (Å²) in [6.07, 6.45) is 2.15. The molecule has 0 radical (unpaired) electrons. The minimum Gasteiger partial charge on any atom is -0.373 e. The van der Waals surface area contributed by atoms with Gasteiger partial charge in [-0.2, -0.15) is 0 Å². The van der Waals surface area contributed by atoms with Crippen LogP contribution in [-0.4, -0.2) is 36.4 Å². The number of carbonyl (C=O) groups is 2. The van der Waals surface area contributed by atoms with Crippen LogP contribution in [0.5, 0.6) is 0 Å². The van der Waals surface area contributed by atoms with Crippen LogP contribution in [0, 0.1) is 0 Å². The number of aryl methyl sites for hydroxylation is 1. The van der Waals surface area contributed by atoms with E-state index in [1.54, 1.807) is 13.1 Å². The third-order valence-electron chi connectivity index (χ3n) is 3.22. The molecule has 0 aliphatic carbocycles.